The monoisotopic (exact) mass is 347 g/mol. The van der Waals surface area contributed by atoms with Crippen LogP contribution < -0.4 is 5.32 Å². The van der Waals surface area contributed by atoms with Crippen LogP contribution in [0.5, 0.6) is 0 Å². The van der Waals surface area contributed by atoms with Gasteiger partial charge in [-0.15, -0.1) is 0 Å². The zero-order valence-corrected chi connectivity index (χ0v) is 12.8. The summed E-state index contributed by atoms with van der Waals surface area (Å²) >= 11 is 9.25. The summed E-state index contributed by atoms with van der Waals surface area (Å²) in [6, 6.07) is 3.43. The van der Waals surface area contributed by atoms with Gasteiger partial charge in [0.15, 0.2) is 0 Å². The number of halogens is 2. The number of piperazine rings is 1. The van der Waals surface area contributed by atoms with Crippen LogP contribution >= 0.6 is 27.5 Å². The van der Waals surface area contributed by atoms with Crippen LogP contribution in [0.4, 0.5) is 0 Å². The van der Waals surface area contributed by atoms with Gasteiger partial charge < -0.3 is 15.3 Å². The van der Waals surface area contributed by atoms with Crippen molar-refractivity contribution in [3.8, 4) is 0 Å². The van der Waals surface area contributed by atoms with E-state index in [0.29, 0.717) is 22.8 Å². The lowest BCUT2D eigenvalue weighted by Gasteiger charge is -2.39. The molecule has 2 heterocycles. The van der Waals surface area contributed by atoms with Gasteiger partial charge in [-0.05, 0) is 33.6 Å². The lowest BCUT2D eigenvalue weighted by atomic mass is 10.0. The molecule has 0 unspecified atom stereocenters. The Labute approximate surface area is 125 Å². The molecule has 5 nitrogen and oxygen atoms in total. The van der Waals surface area contributed by atoms with Crippen molar-refractivity contribution >= 4 is 33.4 Å². The summed E-state index contributed by atoms with van der Waals surface area (Å²) in [5.74, 6) is -0.0194. The smallest absolute Gasteiger partial charge is 0.220 e. The number of amides is 1. The van der Waals surface area contributed by atoms with Crippen LogP contribution in [0.1, 0.15) is 18.5 Å². The first kappa shape index (κ1) is 14.7. The molecule has 1 amide bonds. The third-order valence-electron chi connectivity index (χ3n) is 3.19. The summed E-state index contributed by atoms with van der Waals surface area (Å²) in [4.78, 5) is 17.6. The number of pyridine rings is 1. The number of aliphatic hydroxyl groups excluding tert-OH is 1. The van der Waals surface area contributed by atoms with Gasteiger partial charge in [0.05, 0.1) is 12.6 Å². The first-order valence-corrected chi connectivity index (χ1v) is 7.12. The van der Waals surface area contributed by atoms with Gasteiger partial charge in [0.1, 0.15) is 9.76 Å². The highest BCUT2D eigenvalue weighted by Crippen LogP contribution is 2.27. The standard InChI is InChI=1S/C12H15BrClN3O2/c1-7(19)17-5-9(6-18)15-4-10(17)8-2-11(13)16-12(14)3-8/h2-3,9-10,15,18H,4-6H2,1H3/t9-,10+/m0/s1. The van der Waals surface area contributed by atoms with E-state index in [0.717, 1.165) is 5.56 Å². The highest BCUT2D eigenvalue weighted by atomic mass is 79.9. The largest absolute Gasteiger partial charge is 0.395 e. The second kappa shape index (κ2) is 6.17. The van der Waals surface area contributed by atoms with E-state index in [9.17, 15) is 9.90 Å². The number of carbonyl (C=O) groups excluding carboxylic acids is 1. The second-order valence-electron chi connectivity index (χ2n) is 4.52. The van der Waals surface area contributed by atoms with E-state index in [4.69, 9.17) is 11.6 Å². The number of hydrogen-bond donors (Lipinski definition) is 2. The molecule has 1 aromatic heterocycles. The second-order valence-corrected chi connectivity index (χ2v) is 5.72. The number of rotatable bonds is 2. The minimum atomic E-state index is -0.0999. The molecule has 1 aromatic rings. The Bertz CT molecular complexity index is 466. The van der Waals surface area contributed by atoms with Gasteiger partial charge in [0.25, 0.3) is 0 Å². The summed E-state index contributed by atoms with van der Waals surface area (Å²) in [5, 5.41) is 12.8. The van der Waals surface area contributed by atoms with Crippen molar-refractivity contribution in [2.45, 2.75) is 19.0 Å². The van der Waals surface area contributed by atoms with Crippen molar-refractivity contribution in [1.82, 2.24) is 15.2 Å². The highest BCUT2D eigenvalue weighted by molar-refractivity contribution is 9.10. The predicted molar refractivity (Wildman–Crippen MR) is 76.0 cm³/mol. The van der Waals surface area contributed by atoms with Gasteiger partial charge in [-0.25, -0.2) is 4.98 Å². The van der Waals surface area contributed by atoms with Crippen molar-refractivity contribution in [3.05, 3.63) is 27.5 Å². The van der Waals surface area contributed by atoms with Crippen LogP contribution in [0, 0.1) is 0 Å². The van der Waals surface area contributed by atoms with Crippen molar-refractivity contribution in [2.24, 2.45) is 0 Å². The number of aromatic nitrogens is 1. The Morgan fingerprint density at radius 1 is 1.68 bits per heavy atom. The summed E-state index contributed by atoms with van der Waals surface area (Å²) in [7, 11) is 0. The van der Waals surface area contributed by atoms with Gasteiger partial charge in [-0.3, -0.25) is 4.79 Å². The normalized spacial score (nSPS) is 23.5. The fourth-order valence-electron chi connectivity index (χ4n) is 2.26. The topological polar surface area (TPSA) is 65.5 Å². The fourth-order valence-corrected chi connectivity index (χ4v) is 3.04. The fraction of sp³-hybridized carbons (Fsp3) is 0.500. The molecule has 0 radical (unpaired) electrons. The number of aliphatic hydroxyl groups is 1. The molecule has 2 rings (SSSR count). The number of nitrogens with zero attached hydrogens (tertiary/aromatic N) is 2. The van der Waals surface area contributed by atoms with E-state index in [2.05, 4.69) is 26.2 Å². The Morgan fingerprint density at radius 2 is 2.42 bits per heavy atom. The molecule has 0 aromatic carbocycles. The van der Waals surface area contributed by atoms with Gasteiger partial charge in [-0.1, -0.05) is 11.6 Å². The minimum absolute atomic E-state index is 0.0112. The number of carbonyl (C=O) groups is 1. The molecule has 0 saturated carbocycles. The predicted octanol–water partition coefficient (Wildman–Crippen LogP) is 1.35. The van der Waals surface area contributed by atoms with Gasteiger partial charge in [-0.2, -0.15) is 0 Å². The zero-order chi connectivity index (χ0) is 14.0. The maximum atomic E-state index is 11.8. The van der Waals surface area contributed by atoms with Crippen molar-refractivity contribution in [3.63, 3.8) is 0 Å². The Kier molecular flexibility index (Phi) is 4.78. The van der Waals surface area contributed by atoms with Crippen LogP contribution in [0.15, 0.2) is 16.7 Å². The number of nitrogens with one attached hydrogen (secondary N) is 1. The molecule has 0 bridgehead atoms. The summed E-state index contributed by atoms with van der Waals surface area (Å²) in [6.45, 7) is 2.60. The number of hydrogen-bond acceptors (Lipinski definition) is 4. The zero-order valence-electron chi connectivity index (χ0n) is 10.4. The van der Waals surface area contributed by atoms with E-state index in [1.807, 2.05) is 6.07 Å². The molecule has 19 heavy (non-hydrogen) atoms. The molecule has 1 aliphatic rings. The molecule has 1 fully saturated rings. The molecule has 2 N–H and O–H groups in total. The van der Waals surface area contributed by atoms with E-state index in [1.54, 1.807) is 11.0 Å². The molecule has 2 atom stereocenters. The van der Waals surface area contributed by atoms with E-state index in [1.165, 1.54) is 6.92 Å². The first-order chi connectivity index (χ1) is 9.01. The van der Waals surface area contributed by atoms with Gasteiger partial charge in [0, 0.05) is 26.1 Å². The van der Waals surface area contributed by atoms with Crippen LogP contribution in [-0.2, 0) is 4.79 Å². The Morgan fingerprint density at radius 3 is 3.00 bits per heavy atom. The average molecular weight is 349 g/mol. The first-order valence-electron chi connectivity index (χ1n) is 5.95. The lowest BCUT2D eigenvalue weighted by Crippen LogP contribution is -2.55. The molecular formula is C12H15BrClN3O2. The molecule has 0 spiro atoms. The third-order valence-corrected chi connectivity index (χ3v) is 3.79. The molecular weight excluding hydrogens is 334 g/mol. The third kappa shape index (κ3) is 3.45. The van der Waals surface area contributed by atoms with Crippen LogP contribution in [0.3, 0.4) is 0 Å². The molecule has 104 valence electrons. The molecule has 1 aliphatic heterocycles. The highest BCUT2D eigenvalue weighted by Gasteiger charge is 2.30. The SMILES string of the molecule is CC(=O)N1C[C@@H](CO)NC[C@@H]1c1cc(Cl)nc(Br)c1. The van der Waals surface area contributed by atoms with E-state index >= 15 is 0 Å². The summed E-state index contributed by atoms with van der Waals surface area (Å²) in [6.07, 6.45) is 0. The Hall–Kier alpha value is -0.690. The lowest BCUT2D eigenvalue weighted by molar-refractivity contribution is -0.133. The maximum Gasteiger partial charge on any atom is 0.220 e. The maximum absolute atomic E-state index is 11.8. The van der Waals surface area contributed by atoms with Crippen LogP contribution in [-0.4, -0.2) is 46.6 Å². The quantitative estimate of drug-likeness (QED) is 0.792. The summed E-state index contributed by atoms with van der Waals surface area (Å²) in [5.41, 5.74) is 0.922. The van der Waals surface area contributed by atoms with Gasteiger partial charge in [0.2, 0.25) is 5.91 Å². The van der Waals surface area contributed by atoms with Crippen LogP contribution in [0.2, 0.25) is 5.15 Å². The summed E-state index contributed by atoms with van der Waals surface area (Å²) < 4.78 is 0.641. The van der Waals surface area contributed by atoms with E-state index < -0.39 is 0 Å². The van der Waals surface area contributed by atoms with Gasteiger partial charge >= 0.3 is 0 Å². The molecule has 0 aliphatic carbocycles. The van der Waals surface area contributed by atoms with Crippen molar-refractivity contribution in [2.75, 3.05) is 19.7 Å². The van der Waals surface area contributed by atoms with Crippen LogP contribution in [0.25, 0.3) is 0 Å². The Balaban J connectivity index is 2.28. The van der Waals surface area contributed by atoms with E-state index in [-0.39, 0.29) is 24.6 Å². The molecule has 7 heteroatoms. The molecule has 1 saturated heterocycles. The van der Waals surface area contributed by atoms with Crippen molar-refractivity contribution in [1.29, 1.82) is 0 Å². The average Bonchev–Trinajstić information content (AvgIpc) is 2.36. The van der Waals surface area contributed by atoms with Crippen molar-refractivity contribution < 1.29 is 9.90 Å². The minimum Gasteiger partial charge on any atom is -0.395 e.